The highest BCUT2D eigenvalue weighted by Crippen LogP contribution is 2.09. The van der Waals surface area contributed by atoms with Gasteiger partial charge in [0, 0.05) is 11.1 Å². The highest BCUT2D eigenvalue weighted by molar-refractivity contribution is 7.81. The molecule has 0 aromatic heterocycles. The molecule has 0 spiro atoms. The Balaban J connectivity index is 2.77. The topological polar surface area (TPSA) is 55.4 Å². The number of nitrogens with one attached hydrogen (secondary N) is 1. The van der Waals surface area contributed by atoms with E-state index in [1.54, 1.807) is 6.92 Å². The van der Waals surface area contributed by atoms with Crippen molar-refractivity contribution in [2.24, 2.45) is 5.92 Å². The fourth-order valence-electron chi connectivity index (χ4n) is 0.963. The first-order valence-corrected chi connectivity index (χ1v) is 4.25. The van der Waals surface area contributed by atoms with Crippen LogP contribution in [0.2, 0.25) is 0 Å². The average Bonchev–Trinajstić information content (AvgIpc) is 2.04. The van der Waals surface area contributed by atoms with Gasteiger partial charge < -0.3 is 10.1 Å². The maximum absolute atomic E-state index is 11.2. The molecule has 0 bridgehead atoms. The Morgan fingerprint density at radius 1 is 1.77 bits per heavy atom. The van der Waals surface area contributed by atoms with Crippen LogP contribution in [0.25, 0.3) is 0 Å². The Hall–Kier alpha value is -1.23. The molecule has 1 heterocycles. The Bertz CT molecular complexity index is 285. The maximum atomic E-state index is 11.2. The van der Waals surface area contributed by atoms with Crippen molar-refractivity contribution in [3.05, 3.63) is 12.3 Å². The Morgan fingerprint density at radius 2 is 2.46 bits per heavy atom. The molecule has 1 amide bonds. The van der Waals surface area contributed by atoms with Gasteiger partial charge in [0.25, 0.3) is 0 Å². The van der Waals surface area contributed by atoms with E-state index < -0.39 is 17.8 Å². The van der Waals surface area contributed by atoms with Gasteiger partial charge in [0.05, 0.1) is 6.61 Å². The lowest BCUT2D eigenvalue weighted by Crippen LogP contribution is -2.40. The number of thiocarbonyl (C=S) groups is 1. The van der Waals surface area contributed by atoms with Gasteiger partial charge in [-0.25, -0.2) is 0 Å². The van der Waals surface area contributed by atoms with E-state index in [9.17, 15) is 9.59 Å². The van der Waals surface area contributed by atoms with Gasteiger partial charge in [-0.05, 0) is 13.0 Å². The van der Waals surface area contributed by atoms with Crippen molar-refractivity contribution in [3.63, 3.8) is 0 Å². The summed E-state index contributed by atoms with van der Waals surface area (Å²) in [5, 5.41) is 2.39. The molecular weight excluding hydrogens is 190 g/mol. The minimum absolute atomic E-state index is 0.245. The fourth-order valence-corrected chi connectivity index (χ4v) is 1.23. The number of allylic oxidation sites excluding steroid dienone is 1. The summed E-state index contributed by atoms with van der Waals surface area (Å²) in [6.07, 6.45) is 2.93. The summed E-state index contributed by atoms with van der Waals surface area (Å²) >= 11 is 4.85. The van der Waals surface area contributed by atoms with E-state index in [4.69, 9.17) is 17.0 Å². The molecule has 1 unspecified atom stereocenters. The molecule has 5 heteroatoms. The maximum Gasteiger partial charge on any atom is 0.323 e. The zero-order valence-electron chi connectivity index (χ0n) is 7.07. The predicted molar refractivity (Wildman–Crippen MR) is 50.0 cm³/mol. The largest absolute Gasteiger partial charge is 0.465 e. The van der Waals surface area contributed by atoms with Crippen LogP contribution in [0.3, 0.4) is 0 Å². The van der Waals surface area contributed by atoms with Crippen LogP contribution in [0.15, 0.2) is 12.3 Å². The summed E-state index contributed by atoms with van der Waals surface area (Å²) in [5.41, 5.74) is 0. The van der Waals surface area contributed by atoms with Gasteiger partial charge in [-0.2, -0.15) is 0 Å². The standard InChI is InChI=1S/C8H9NO3S/c1-2-12-8(11)6-5(13)3-4-9-7(6)10/h3-4,6H,2H2,1H3,(H,9,10). The van der Waals surface area contributed by atoms with Gasteiger partial charge in [-0.3, -0.25) is 9.59 Å². The molecule has 0 saturated carbocycles. The zero-order chi connectivity index (χ0) is 9.84. The van der Waals surface area contributed by atoms with E-state index in [0.29, 0.717) is 4.86 Å². The molecule has 0 saturated heterocycles. The van der Waals surface area contributed by atoms with Crippen LogP contribution in [-0.4, -0.2) is 23.3 Å². The minimum Gasteiger partial charge on any atom is -0.465 e. The fraction of sp³-hybridized carbons (Fsp3) is 0.375. The highest BCUT2D eigenvalue weighted by Gasteiger charge is 2.32. The molecule has 1 atom stereocenters. The molecular formula is C8H9NO3S. The van der Waals surface area contributed by atoms with E-state index in [1.807, 2.05) is 0 Å². The normalized spacial score (nSPS) is 21.2. The first-order chi connectivity index (χ1) is 6.16. The quantitative estimate of drug-likeness (QED) is 0.391. The molecule has 1 aliphatic heterocycles. The number of carbonyl (C=O) groups is 2. The van der Waals surface area contributed by atoms with Crippen molar-refractivity contribution in [1.29, 1.82) is 0 Å². The first-order valence-electron chi connectivity index (χ1n) is 3.84. The highest BCUT2D eigenvalue weighted by atomic mass is 32.1. The van der Waals surface area contributed by atoms with Crippen molar-refractivity contribution >= 4 is 29.0 Å². The van der Waals surface area contributed by atoms with Crippen LogP contribution >= 0.6 is 12.2 Å². The van der Waals surface area contributed by atoms with Crippen LogP contribution in [0.1, 0.15) is 6.92 Å². The van der Waals surface area contributed by atoms with E-state index >= 15 is 0 Å². The summed E-state index contributed by atoms with van der Waals surface area (Å²) in [6.45, 7) is 1.92. The number of esters is 1. The van der Waals surface area contributed by atoms with Crippen molar-refractivity contribution in [1.82, 2.24) is 5.32 Å². The van der Waals surface area contributed by atoms with Crippen LogP contribution in [0.4, 0.5) is 0 Å². The zero-order valence-corrected chi connectivity index (χ0v) is 7.89. The third kappa shape index (κ3) is 2.12. The first kappa shape index (κ1) is 9.85. The number of ether oxygens (including phenoxy) is 1. The molecule has 0 aromatic rings. The molecule has 13 heavy (non-hydrogen) atoms. The Labute approximate surface area is 80.9 Å². The number of hydrogen-bond acceptors (Lipinski definition) is 4. The number of amides is 1. The SMILES string of the molecule is CCOC(=O)C1C(=O)NC=CC1=S. The lowest BCUT2D eigenvalue weighted by atomic mass is 10.0. The third-order valence-corrected chi connectivity index (χ3v) is 1.91. The van der Waals surface area contributed by atoms with Crippen LogP contribution in [-0.2, 0) is 14.3 Å². The van der Waals surface area contributed by atoms with Gasteiger partial charge in [0.15, 0.2) is 5.92 Å². The van der Waals surface area contributed by atoms with Crippen LogP contribution in [0, 0.1) is 5.92 Å². The van der Waals surface area contributed by atoms with E-state index in [0.717, 1.165) is 0 Å². The van der Waals surface area contributed by atoms with Gasteiger partial charge in [0.1, 0.15) is 0 Å². The molecule has 0 radical (unpaired) electrons. The summed E-state index contributed by atoms with van der Waals surface area (Å²) in [6, 6.07) is 0. The molecule has 1 rings (SSSR count). The number of carbonyl (C=O) groups excluding carboxylic acids is 2. The molecule has 0 aliphatic carbocycles. The third-order valence-electron chi connectivity index (χ3n) is 1.54. The van der Waals surface area contributed by atoms with Crippen molar-refractivity contribution in [2.45, 2.75) is 6.92 Å². The summed E-state index contributed by atoms with van der Waals surface area (Å²) < 4.78 is 4.70. The molecule has 1 N–H and O–H groups in total. The molecule has 0 fully saturated rings. The molecule has 4 nitrogen and oxygen atoms in total. The lowest BCUT2D eigenvalue weighted by molar-refractivity contribution is -0.148. The predicted octanol–water partition coefficient (Wildman–Crippen LogP) is 0.179. The monoisotopic (exact) mass is 199 g/mol. The number of rotatable bonds is 2. The van der Waals surface area contributed by atoms with Gasteiger partial charge in [-0.15, -0.1) is 0 Å². The Kier molecular flexibility index (Phi) is 3.13. The molecule has 0 aromatic carbocycles. The van der Waals surface area contributed by atoms with E-state index in [-0.39, 0.29) is 6.61 Å². The summed E-state index contributed by atoms with van der Waals surface area (Å²) in [5.74, 6) is -1.97. The van der Waals surface area contributed by atoms with Gasteiger partial charge >= 0.3 is 5.97 Å². The second-order valence-corrected chi connectivity index (χ2v) is 2.90. The lowest BCUT2D eigenvalue weighted by Gasteiger charge is -2.16. The van der Waals surface area contributed by atoms with Crippen LogP contribution < -0.4 is 5.32 Å². The van der Waals surface area contributed by atoms with Gasteiger partial charge in [0.2, 0.25) is 5.91 Å². The van der Waals surface area contributed by atoms with Crippen molar-refractivity contribution in [2.75, 3.05) is 6.61 Å². The molecule has 1 aliphatic rings. The van der Waals surface area contributed by atoms with Crippen LogP contribution in [0.5, 0.6) is 0 Å². The second-order valence-electron chi connectivity index (χ2n) is 2.43. The van der Waals surface area contributed by atoms with Crippen molar-refractivity contribution in [3.8, 4) is 0 Å². The summed E-state index contributed by atoms with van der Waals surface area (Å²) in [4.78, 5) is 22.7. The summed E-state index contributed by atoms with van der Waals surface area (Å²) in [7, 11) is 0. The van der Waals surface area contributed by atoms with E-state index in [1.165, 1.54) is 12.3 Å². The molecule has 70 valence electrons. The minimum atomic E-state index is -0.958. The Morgan fingerprint density at radius 3 is 3.00 bits per heavy atom. The average molecular weight is 199 g/mol. The second kappa shape index (κ2) is 4.13. The van der Waals surface area contributed by atoms with E-state index in [2.05, 4.69) is 5.32 Å². The smallest absolute Gasteiger partial charge is 0.323 e. The number of hydrogen-bond donors (Lipinski definition) is 1. The van der Waals surface area contributed by atoms with Gasteiger partial charge in [-0.1, -0.05) is 12.2 Å². The van der Waals surface area contributed by atoms with Crippen molar-refractivity contribution < 1.29 is 14.3 Å².